The highest BCUT2D eigenvalue weighted by Gasteiger charge is 2.31. The van der Waals surface area contributed by atoms with Gasteiger partial charge in [0.05, 0.1) is 11.6 Å². The minimum Gasteiger partial charge on any atom is -0.482 e. The van der Waals surface area contributed by atoms with Crippen LogP contribution in [0.3, 0.4) is 0 Å². The first-order valence-electron chi connectivity index (χ1n) is 8.93. The van der Waals surface area contributed by atoms with Crippen molar-refractivity contribution in [3.8, 4) is 11.8 Å². The maximum absolute atomic E-state index is 12.8. The molecule has 1 aliphatic rings. The normalized spacial score (nSPS) is 17.2. The molecule has 3 rings (SSSR count). The number of likely N-dealkylation sites (tertiary alicyclic amines) is 1. The molecule has 0 unspecified atom stereocenters. The first-order valence-corrected chi connectivity index (χ1v) is 8.93. The number of aromatic amines is 1. The van der Waals surface area contributed by atoms with E-state index >= 15 is 0 Å². The van der Waals surface area contributed by atoms with Crippen LogP contribution in [0.15, 0.2) is 24.3 Å². The molecule has 1 aromatic carbocycles. The SMILES string of the molecule is CC(C)c1n[nH]c([C@H]2CCCCN2C(=O)COc2ccccc2C#N)n1. The molecule has 1 amide bonds. The topological polar surface area (TPSA) is 94.9 Å². The van der Waals surface area contributed by atoms with Gasteiger partial charge in [-0.1, -0.05) is 26.0 Å². The number of ether oxygens (including phenoxy) is 1. The van der Waals surface area contributed by atoms with Crippen molar-refractivity contribution < 1.29 is 9.53 Å². The van der Waals surface area contributed by atoms with Crippen LogP contribution in [0.1, 0.15) is 62.3 Å². The molecule has 0 spiro atoms. The molecule has 26 heavy (non-hydrogen) atoms. The number of carbonyl (C=O) groups excluding carboxylic acids is 1. The number of benzene rings is 1. The Hall–Kier alpha value is -2.88. The Kier molecular flexibility index (Phi) is 5.52. The molecule has 1 fully saturated rings. The summed E-state index contributed by atoms with van der Waals surface area (Å²) in [5.41, 5.74) is 0.423. The van der Waals surface area contributed by atoms with Gasteiger partial charge in [-0.15, -0.1) is 0 Å². The molecule has 2 heterocycles. The second-order valence-electron chi connectivity index (χ2n) is 6.73. The van der Waals surface area contributed by atoms with E-state index in [1.54, 1.807) is 24.3 Å². The van der Waals surface area contributed by atoms with Crippen LogP contribution in [0.5, 0.6) is 5.75 Å². The van der Waals surface area contributed by atoms with Gasteiger partial charge in [-0.3, -0.25) is 9.89 Å². The van der Waals surface area contributed by atoms with Crippen LogP contribution < -0.4 is 4.74 Å². The van der Waals surface area contributed by atoms with Crippen LogP contribution in [0.4, 0.5) is 0 Å². The second-order valence-corrected chi connectivity index (χ2v) is 6.73. The maximum Gasteiger partial charge on any atom is 0.261 e. The Bertz CT molecular complexity index is 808. The van der Waals surface area contributed by atoms with Gasteiger partial charge in [0.15, 0.2) is 12.4 Å². The lowest BCUT2D eigenvalue weighted by Crippen LogP contribution is -2.41. The fourth-order valence-corrected chi connectivity index (χ4v) is 3.12. The summed E-state index contributed by atoms with van der Waals surface area (Å²) in [5.74, 6) is 2.05. The van der Waals surface area contributed by atoms with Crippen molar-refractivity contribution >= 4 is 5.91 Å². The molecular weight excluding hydrogens is 330 g/mol. The number of nitrogens with zero attached hydrogens (tertiary/aromatic N) is 4. The quantitative estimate of drug-likeness (QED) is 0.892. The van der Waals surface area contributed by atoms with Crippen molar-refractivity contribution in [2.75, 3.05) is 13.2 Å². The van der Waals surface area contributed by atoms with Crippen molar-refractivity contribution in [2.24, 2.45) is 0 Å². The van der Waals surface area contributed by atoms with Gasteiger partial charge in [-0.05, 0) is 31.4 Å². The number of aromatic nitrogens is 3. The average Bonchev–Trinajstić information content (AvgIpc) is 3.16. The summed E-state index contributed by atoms with van der Waals surface area (Å²) in [6, 6.07) is 8.89. The van der Waals surface area contributed by atoms with Gasteiger partial charge >= 0.3 is 0 Å². The number of piperidine rings is 1. The standard InChI is InChI=1S/C19H23N5O2/c1-13(2)18-21-19(23-22-18)15-8-5-6-10-24(15)17(25)12-26-16-9-4-3-7-14(16)11-20/h3-4,7,9,13,15H,5-6,8,10,12H2,1-2H3,(H,21,22,23)/t15-/m1/s1. The molecule has 7 heteroatoms. The van der Waals surface area contributed by atoms with Gasteiger partial charge in [-0.2, -0.15) is 10.4 Å². The average molecular weight is 353 g/mol. The van der Waals surface area contributed by atoms with Crippen molar-refractivity contribution in [3.05, 3.63) is 41.5 Å². The summed E-state index contributed by atoms with van der Waals surface area (Å²) in [5, 5.41) is 16.4. The molecule has 136 valence electrons. The largest absolute Gasteiger partial charge is 0.482 e. The van der Waals surface area contributed by atoms with Crippen LogP contribution in [0, 0.1) is 11.3 Å². The van der Waals surface area contributed by atoms with Crippen LogP contribution in [0.25, 0.3) is 0 Å². The monoisotopic (exact) mass is 353 g/mol. The summed E-state index contributed by atoms with van der Waals surface area (Å²) in [6.07, 6.45) is 2.86. The highest BCUT2D eigenvalue weighted by atomic mass is 16.5. The van der Waals surface area contributed by atoms with Gasteiger partial charge in [0.2, 0.25) is 0 Å². The molecule has 0 aliphatic carbocycles. The summed E-state index contributed by atoms with van der Waals surface area (Å²) in [4.78, 5) is 19.1. The van der Waals surface area contributed by atoms with Gasteiger partial charge in [-0.25, -0.2) is 4.98 Å². The Labute approximate surface area is 153 Å². The fourth-order valence-electron chi connectivity index (χ4n) is 3.12. The highest BCUT2D eigenvalue weighted by Crippen LogP contribution is 2.29. The third-order valence-corrected chi connectivity index (χ3v) is 4.53. The minimum atomic E-state index is -0.107. The second kappa shape index (κ2) is 8.00. The molecular formula is C19H23N5O2. The van der Waals surface area contributed by atoms with Gasteiger partial charge in [0.1, 0.15) is 17.6 Å². The Morgan fingerprint density at radius 3 is 2.96 bits per heavy atom. The van der Waals surface area contributed by atoms with Gasteiger partial charge < -0.3 is 9.64 Å². The van der Waals surface area contributed by atoms with Crippen LogP contribution in [-0.4, -0.2) is 39.1 Å². The summed E-state index contributed by atoms with van der Waals surface area (Å²) < 4.78 is 5.61. The van der Waals surface area contributed by atoms with E-state index in [4.69, 9.17) is 10.00 Å². The van der Waals surface area contributed by atoms with Gasteiger partial charge in [0.25, 0.3) is 5.91 Å². The number of amides is 1. The molecule has 1 N–H and O–H groups in total. The van der Waals surface area contributed by atoms with E-state index in [1.807, 2.05) is 18.7 Å². The Balaban J connectivity index is 1.70. The lowest BCUT2D eigenvalue weighted by molar-refractivity contribution is -0.137. The number of carbonyl (C=O) groups is 1. The molecule has 2 aromatic rings. The lowest BCUT2D eigenvalue weighted by Gasteiger charge is -2.34. The van der Waals surface area contributed by atoms with E-state index in [1.165, 1.54) is 0 Å². The molecule has 1 saturated heterocycles. The van der Waals surface area contributed by atoms with E-state index in [2.05, 4.69) is 21.3 Å². The number of H-pyrrole nitrogens is 1. The lowest BCUT2D eigenvalue weighted by atomic mass is 10.0. The van der Waals surface area contributed by atoms with Crippen molar-refractivity contribution in [1.29, 1.82) is 5.26 Å². The summed E-state index contributed by atoms with van der Waals surface area (Å²) in [7, 11) is 0. The number of nitriles is 1. The molecule has 1 aromatic heterocycles. The zero-order valence-corrected chi connectivity index (χ0v) is 15.1. The van der Waals surface area contributed by atoms with E-state index in [0.717, 1.165) is 30.9 Å². The number of rotatable bonds is 5. The Morgan fingerprint density at radius 1 is 1.42 bits per heavy atom. The third-order valence-electron chi connectivity index (χ3n) is 4.53. The minimum absolute atomic E-state index is 0.0969. The van der Waals surface area contributed by atoms with Crippen molar-refractivity contribution in [1.82, 2.24) is 20.1 Å². The van der Waals surface area contributed by atoms with E-state index < -0.39 is 0 Å². The molecule has 0 radical (unpaired) electrons. The Morgan fingerprint density at radius 2 is 2.23 bits per heavy atom. The number of hydrogen-bond donors (Lipinski definition) is 1. The number of nitrogens with one attached hydrogen (secondary N) is 1. The van der Waals surface area contributed by atoms with E-state index in [9.17, 15) is 4.79 Å². The van der Waals surface area contributed by atoms with Crippen molar-refractivity contribution in [2.45, 2.75) is 45.1 Å². The van der Waals surface area contributed by atoms with Crippen molar-refractivity contribution in [3.63, 3.8) is 0 Å². The van der Waals surface area contributed by atoms with Crippen LogP contribution in [-0.2, 0) is 4.79 Å². The predicted octanol–water partition coefficient (Wildman–Crippen LogP) is 2.93. The van der Waals surface area contributed by atoms with E-state index in [-0.39, 0.29) is 24.5 Å². The van der Waals surface area contributed by atoms with Crippen LogP contribution >= 0.6 is 0 Å². The van der Waals surface area contributed by atoms with E-state index in [0.29, 0.717) is 17.9 Å². The number of para-hydroxylation sites is 1. The molecule has 0 bridgehead atoms. The summed E-state index contributed by atoms with van der Waals surface area (Å²) in [6.45, 7) is 4.65. The zero-order valence-electron chi connectivity index (χ0n) is 15.1. The molecule has 1 aliphatic heterocycles. The third kappa shape index (κ3) is 3.85. The zero-order chi connectivity index (χ0) is 18.5. The highest BCUT2D eigenvalue weighted by molar-refractivity contribution is 5.78. The number of hydrogen-bond acceptors (Lipinski definition) is 5. The molecule has 1 atom stereocenters. The predicted molar refractivity (Wildman–Crippen MR) is 95.4 cm³/mol. The van der Waals surface area contributed by atoms with Crippen LogP contribution in [0.2, 0.25) is 0 Å². The molecule has 0 saturated carbocycles. The first-order chi connectivity index (χ1) is 12.6. The smallest absolute Gasteiger partial charge is 0.261 e. The maximum atomic E-state index is 12.8. The first kappa shape index (κ1) is 17.9. The molecule has 7 nitrogen and oxygen atoms in total. The summed E-state index contributed by atoms with van der Waals surface area (Å²) >= 11 is 0. The van der Waals surface area contributed by atoms with Gasteiger partial charge in [0, 0.05) is 12.5 Å². The fraction of sp³-hybridized carbons (Fsp3) is 0.474.